The van der Waals surface area contributed by atoms with Crippen LogP contribution in [-0.2, 0) is 6.54 Å². The number of hydrogen-bond acceptors (Lipinski definition) is 3. The van der Waals surface area contributed by atoms with Crippen molar-refractivity contribution in [3.8, 4) is 0 Å². The molecule has 24 heavy (non-hydrogen) atoms. The molecule has 0 aliphatic carbocycles. The van der Waals surface area contributed by atoms with Crippen molar-refractivity contribution < 1.29 is 4.92 Å². The Kier molecular flexibility index (Phi) is 6.14. The summed E-state index contributed by atoms with van der Waals surface area (Å²) in [7, 11) is 1.69. The van der Waals surface area contributed by atoms with Crippen LogP contribution >= 0.6 is 11.6 Å². The summed E-state index contributed by atoms with van der Waals surface area (Å²) in [5, 5.41) is 17.8. The SMILES string of the molecule is CN=C(NCc1ccc([N+](=O)[O-])cc1)NC(C)c1ccccc1Cl. The number of halogens is 1. The van der Waals surface area contributed by atoms with Crippen molar-refractivity contribution in [3.63, 3.8) is 0 Å². The molecule has 1 unspecified atom stereocenters. The number of non-ortho nitro benzene ring substituents is 1. The van der Waals surface area contributed by atoms with E-state index in [9.17, 15) is 10.1 Å². The average molecular weight is 347 g/mol. The molecule has 0 aliphatic heterocycles. The maximum atomic E-state index is 10.7. The van der Waals surface area contributed by atoms with E-state index in [1.165, 1.54) is 12.1 Å². The summed E-state index contributed by atoms with van der Waals surface area (Å²) in [6.07, 6.45) is 0. The number of nitro benzene ring substituents is 1. The van der Waals surface area contributed by atoms with Crippen LogP contribution in [0, 0.1) is 10.1 Å². The lowest BCUT2D eigenvalue weighted by Crippen LogP contribution is -2.38. The Hall–Kier alpha value is -2.60. The van der Waals surface area contributed by atoms with E-state index < -0.39 is 4.92 Å². The van der Waals surface area contributed by atoms with Crippen LogP contribution in [0.25, 0.3) is 0 Å². The zero-order valence-corrected chi connectivity index (χ0v) is 14.2. The molecule has 2 aromatic carbocycles. The van der Waals surface area contributed by atoms with E-state index in [-0.39, 0.29) is 11.7 Å². The minimum atomic E-state index is -0.414. The van der Waals surface area contributed by atoms with Gasteiger partial charge in [0.15, 0.2) is 5.96 Å². The molecule has 0 aromatic heterocycles. The van der Waals surface area contributed by atoms with Gasteiger partial charge in [-0.3, -0.25) is 15.1 Å². The minimum absolute atomic E-state index is 0.0123. The fourth-order valence-electron chi connectivity index (χ4n) is 2.23. The number of nitrogens with zero attached hydrogens (tertiary/aromatic N) is 2. The van der Waals surface area contributed by atoms with Crippen molar-refractivity contribution in [3.05, 3.63) is 74.8 Å². The Bertz CT molecular complexity index is 732. The lowest BCUT2D eigenvalue weighted by molar-refractivity contribution is -0.384. The monoisotopic (exact) mass is 346 g/mol. The van der Waals surface area contributed by atoms with Crippen LogP contribution in [-0.4, -0.2) is 17.9 Å². The highest BCUT2D eigenvalue weighted by Gasteiger charge is 2.11. The second kappa shape index (κ2) is 8.31. The summed E-state index contributed by atoms with van der Waals surface area (Å²) in [6, 6.07) is 14.0. The molecule has 0 aliphatic rings. The van der Waals surface area contributed by atoms with Gasteiger partial charge in [0.25, 0.3) is 5.69 Å². The van der Waals surface area contributed by atoms with Gasteiger partial charge < -0.3 is 10.6 Å². The summed E-state index contributed by atoms with van der Waals surface area (Å²) in [4.78, 5) is 14.4. The van der Waals surface area contributed by atoms with Gasteiger partial charge in [-0.2, -0.15) is 0 Å². The summed E-state index contributed by atoms with van der Waals surface area (Å²) in [5.41, 5.74) is 1.99. The molecule has 0 heterocycles. The molecule has 6 nitrogen and oxygen atoms in total. The second-order valence-corrected chi connectivity index (χ2v) is 5.64. The van der Waals surface area contributed by atoms with Crippen molar-refractivity contribution in [1.82, 2.24) is 10.6 Å². The van der Waals surface area contributed by atoms with Crippen molar-refractivity contribution >= 4 is 23.2 Å². The third-order valence-electron chi connectivity index (χ3n) is 3.56. The third kappa shape index (κ3) is 4.70. The first-order chi connectivity index (χ1) is 11.5. The van der Waals surface area contributed by atoms with Gasteiger partial charge in [-0.15, -0.1) is 0 Å². The zero-order chi connectivity index (χ0) is 17.5. The molecule has 126 valence electrons. The second-order valence-electron chi connectivity index (χ2n) is 5.24. The van der Waals surface area contributed by atoms with E-state index in [4.69, 9.17) is 11.6 Å². The van der Waals surface area contributed by atoms with Gasteiger partial charge in [0.2, 0.25) is 0 Å². The van der Waals surface area contributed by atoms with E-state index in [2.05, 4.69) is 15.6 Å². The molecular weight excluding hydrogens is 328 g/mol. The van der Waals surface area contributed by atoms with Crippen molar-refractivity contribution in [2.45, 2.75) is 19.5 Å². The number of hydrogen-bond donors (Lipinski definition) is 2. The Balaban J connectivity index is 1.95. The molecular formula is C17H19ClN4O2. The van der Waals surface area contributed by atoms with Crippen LogP contribution < -0.4 is 10.6 Å². The topological polar surface area (TPSA) is 79.6 Å². The van der Waals surface area contributed by atoms with E-state index in [1.54, 1.807) is 19.2 Å². The van der Waals surface area contributed by atoms with Gasteiger partial charge in [0.05, 0.1) is 11.0 Å². The lowest BCUT2D eigenvalue weighted by atomic mass is 10.1. The van der Waals surface area contributed by atoms with Gasteiger partial charge in [0, 0.05) is 30.7 Å². The zero-order valence-electron chi connectivity index (χ0n) is 13.5. The first-order valence-corrected chi connectivity index (χ1v) is 7.84. The Morgan fingerprint density at radius 3 is 2.50 bits per heavy atom. The number of benzene rings is 2. The van der Waals surface area contributed by atoms with Gasteiger partial charge in [-0.25, -0.2) is 0 Å². The number of nitrogens with one attached hydrogen (secondary N) is 2. The smallest absolute Gasteiger partial charge is 0.269 e. The third-order valence-corrected chi connectivity index (χ3v) is 3.90. The molecule has 7 heteroatoms. The quantitative estimate of drug-likeness (QED) is 0.374. The fourth-order valence-corrected chi connectivity index (χ4v) is 2.52. The van der Waals surface area contributed by atoms with E-state index in [1.807, 2.05) is 31.2 Å². The Labute approximate surface area is 145 Å². The summed E-state index contributed by atoms with van der Waals surface area (Å²) in [6.45, 7) is 2.51. The molecule has 0 fully saturated rings. The van der Waals surface area contributed by atoms with E-state index in [0.29, 0.717) is 17.5 Å². The first-order valence-electron chi connectivity index (χ1n) is 7.46. The molecule has 2 rings (SSSR count). The van der Waals surface area contributed by atoms with Crippen LogP contribution in [0.15, 0.2) is 53.5 Å². The van der Waals surface area contributed by atoms with E-state index >= 15 is 0 Å². The van der Waals surface area contributed by atoms with Gasteiger partial charge in [0.1, 0.15) is 0 Å². The van der Waals surface area contributed by atoms with Crippen LogP contribution in [0.2, 0.25) is 5.02 Å². The summed E-state index contributed by atoms with van der Waals surface area (Å²) >= 11 is 6.20. The van der Waals surface area contributed by atoms with Crippen LogP contribution in [0.5, 0.6) is 0 Å². The van der Waals surface area contributed by atoms with E-state index in [0.717, 1.165) is 11.1 Å². The number of guanidine groups is 1. The van der Waals surface area contributed by atoms with Crippen LogP contribution in [0.1, 0.15) is 24.1 Å². The molecule has 1 atom stereocenters. The van der Waals surface area contributed by atoms with Crippen molar-refractivity contribution in [1.29, 1.82) is 0 Å². The summed E-state index contributed by atoms with van der Waals surface area (Å²) in [5.74, 6) is 0.626. The van der Waals surface area contributed by atoms with Crippen molar-refractivity contribution in [2.75, 3.05) is 7.05 Å². The fraction of sp³-hybridized carbons (Fsp3) is 0.235. The van der Waals surface area contributed by atoms with Crippen LogP contribution in [0.3, 0.4) is 0 Å². The predicted octanol–water partition coefficient (Wildman–Crippen LogP) is 3.67. The molecule has 2 N–H and O–H groups in total. The predicted molar refractivity (Wildman–Crippen MR) is 96.3 cm³/mol. The molecule has 0 bridgehead atoms. The lowest BCUT2D eigenvalue weighted by Gasteiger charge is -2.19. The minimum Gasteiger partial charge on any atom is -0.352 e. The van der Waals surface area contributed by atoms with Gasteiger partial charge >= 0.3 is 0 Å². The molecule has 0 spiro atoms. The molecule has 2 aromatic rings. The van der Waals surface area contributed by atoms with Crippen LogP contribution in [0.4, 0.5) is 5.69 Å². The highest BCUT2D eigenvalue weighted by molar-refractivity contribution is 6.31. The maximum absolute atomic E-state index is 10.7. The highest BCUT2D eigenvalue weighted by Crippen LogP contribution is 2.21. The summed E-state index contributed by atoms with van der Waals surface area (Å²) < 4.78 is 0. The van der Waals surface area contributed by atoms with Gasteiger partial charge in [-0.05, 0) is 24.1 Å². The highest BCUT2D eigenvalue weighted by atomic mass is 35.5. The van der Waals surface area contributed by atoms with Gasteiger partial charge in [-0.1, -0.05) is 41.9 Å². The molecule has 0 saturated carbocycles. The number of rotatable bonds is 5. The molecule has 0 amide bonds. The number of aliphatic imine (C=N–C) groups is 1. The average Bonchev–Trinajstić information content (AvgIpc) is 2.59. The Morgan fingerprint density at radius 2 is 1.92 bits per heavy atom. The normalized spacial score (nSPS) is 12.5. The van der Waals surface area contributed by atoms with Crippen molar-refractivity contribution in [2.24, 2.45) is 4.99 Å². The molecule has 0 saturated heterocycles. The largest absolute Gasteiger partial charge is 0.352 e. The Morgan fingerprint density at radius 1 is 1.25 bits per heavy atom. The first kappa shape index (κ1) is 17.7. The maximum Gasteiger partial charge on any atom is 0.269 e. The number of nitro groups is 1. The molecule has 0 radical (unpaired) electrons. The standard InChI is InChI=1S/C17H19ClN4O2/c1-12(15-5-3-4-6-16(15)18)21-17(19-2)20-11-13-7-9-14(10-8-13)22(23)24/h3-10,12H,11H2,1-2H3,(H2,19,20,21).